The molecule has 4 aromatic carbocycles. The summed E-state index contributed by atoms with van der Waals surface area (Å²) in [5, 5.41) is 11.7. The van der Waals surface area contributed by atoms with Crippen molar-refractivity contribution in [2.24, 2.45) is 0 Å². The van der Waals surface area contributed by atoms with Crippen LogP contribution < -0.4 is 4.74 Å². The smallest absolute Gasteiger partial charge is 0.410 e. The number of carboxylic acid groups (broad SMARTS) is 1. The number of carbonyl (C=O) groups is 2. The number of hydrogen-bond acceptors (Lipinski definition) is 4. The van der Waals surface area contributed by atoms with Gasteiger partial charge in [-0.05, 0) is 74.2 Å². The number of para-hydroxylation sites is 1. The summed E-state index contributed by atoms with van der Waals surface area (Å²) in [6.45, 7) is 7.73. The number of fused-ring (bicyclic) bond motifs is 2. The van der Waals surface area contributed by atoms with Crippen molar-refractivity contribution in [3.8, 4) is 5.75 Å². The minimum atomic E-state index is -1.32. The minimum Gasteiger partial charge on any atom is -0.488 e. The Bertz CT molecular complexity index is 1590. The zero-order valence-electron chi connectivity index (χ0n) is 23.6. The van der Waals surface area contributed by atoms with Crippen LogP contribution in [0.5, 0.6) is 5.75 Å². The molecule has 0 spiro atoms. The first kappa shape index (κ1) is 28.1. The summed E-state index contributed by atoms with van der Waals surface area (Å²) in [5.74, 6) is -1.70. The molecule has 0 saturated heterocycles. The first-order valence-corrected chi connectivity index (χ1v) is 13.8. The van der Waals surface area contributed by atoms with E-state index in [1.54, 1.807) is 11.0 Å². The summed E-state index contributed by atoms with van der Waals surface area (Å²) in [4.78, 5) is 27.1. The second kappa shape index (κ2) is 11.2. The molecule has 1 aliphatic heterocycles. The summed E-state index contributed by atoms with van der Waals surface area (Å²) in [7, 11) is 0. The highest BCUT2D eigenvalue weighted by Gasteiger charge is 2.35. The number of halogens is 1. The van der Waals surface area contributed by atoms with Gasteiger partial charge in [0.2, 0.25) is 0 Å². The fraction of sp³-hybridized carbons (Fsp3) is 0.294. The predicted octanol–water partition coefficient (Wildman–Crippen LogP) is 7.96. The summed E-state index contributed by atoms with van der Waals surface area (Å²) < 4.78 is 26.5. The zero-order chi connectivity index (χ0) is 29.3. The highest BCUT2D eigenvalue weighted by Crippen LogP contribution is 2.41. The van der Waals surface area contributed by atoms with Crippen LogP contribution in [0.3, 0.4) is 0 Å². The van der Waals surface area contributed by atoms with E-state index in [0.717, 1.165) is 21.9 Å². The highest BCUT2D eigenvalue weighted by molar-refractivity contribution is 5.88. The van der Waals surface area contributed by atoms with Gasteiger partial charge in [0, 0.05) is 11.5 Å². The Labute approximate surface area is 239 Å². The van der Waals surface area contributed by atoms with Gasteiger partial charge in [-0.2, -0.15) is 0 Å². The van der Waals surface area contributed by atoms with Crippen molar-refractivity contribution in [3.05, 3.63) is 113 Å². The van der Waals surface area contributed by atoms with Crippen molar-refractivity contribution < 1.29 is 28.6 Å². The van der Waals surface area contributed by atoms with Crippen LogP contribution >= 0.6 is 0 Å². The van der Waals surface area contributed by atoms with Gasteiger partial charge in [-0.15, -0.1) is 0 Å². The molecule has 5 rings (SSSR count). The Morgan fingerprint density at radius 2 is 1.73 bits per heavy atom. The van der Waals surface area contributed by atoms with Crippen LogP contribution in [0.2, 0.25) is 0 Å². The van der Waals surface area contributed by atoms with Gasteiger partial charge in [0.05, 0.1) is 18.2 Å². The molecular formula is C34H34FNO5. The van der Waals surface area contributed by atoms with Gasteiger partial charge in [0.1, 0.15) is 23.3 Å². The van der Waals surface area contributed by atoms with E-state index in [9.17, 15) is 19.1 Å². The van der Waals surface area contributed by atoms with E-state index in [1.807, 2.05) is 94.4 Å². The summed E-state index contributed by atoms with van der Waals surface area (Å²) in [6, 6.07) is 25.6. The van der Waals surface area contributed by atoms with Gasteiger partial charge in [0.15, 0.2) is 0 Å². The number of ether oxygens (including phenoxy) is 2. The topological polar surface area (TPSA) is 76.1 Å². The van der Waals surface area contributed by atoms with Crippen LogP contribution in [0.1, 0.15) is 73.1 Å². The maximum atomic E-state index is 14.3. The number of benzene rings is 4. The van der Waals surface area contributed by atoms with Crippen LogP contribution in [0, 0.1) is 5.82 Å². The van der Waals surface area contributed by atoms with Crippen LogP contribution in [0.25, 0.3) is 10.8 Å². The Hall–Kier alpha value is -4.39. The maximum absolute atomic E-state index is 14.3. The molecule has 41 heavy (non-hydrogen) atoms. The first-order valence-electron chi connectivity index (χ1n) is 13.8. The molecule has 1 N–H and O–H groups in total. The zero-order valence-corrected chi connectivity index (χ0v) is 23.6. The van der Waals surface area contributed by atoms with Crippen molar-refractivity contribution in [3.63, 3.8) is 0 Å². The second-order valence-corrected chi connectivity index (χ2v) is 11.5. The molecule has 1 heterocycles. The number of aromatic carboxylic acids is 1. The molecule has 4 aromatic rings. The lowest BCUT2D eigenvalue weighted by Crippen LogP contribution is -2.45. The van der Waals surface area contributed by atoms with Gasteiger partial charge < -0.3 is 14.6 Å². The molecule has 6 nitrogen and oxygen atoms in total. The van der Waals surface area contributed by atoms with Gasteiger partial charge in [-0.3, -0.25) is 4.90 Å². The average molecular weight is 556 g/mol. The third-order valence-corrected chi connectivity index (χ3v) is 7.48. The van der Waals surface area contributed by atoms with Crippen LogP contribution in [-0.4, -0.2) is 40.3 Å². The van der Waals surface area contributed by atoms with Crippen LogP contribution in [0.4, 0.5) is 9.18 Å². The Kier molecular flexibility index (Phi) is 7.72. The quantitative estimate of drug-likeness (QED) is 0.261. The monoisotopic (exact) mass is 555 g/mol. The maximum Gasteiger partial charge on any atom is 0.410 e. The van der Waals surface area contributed by atoms with Crippen molar-refractivity contribution >= 4 is 22.8 Å². The molecule has 212 valence electrons. The van der Waals surface area contributed by atoms with Gasteiger partial charge in [-0.25, -0.2) is 14.0 Å². The van der Waals surface area contributed by atoms with Crippen molar-refractivity contribution in [2.45, 2.75) is 57.8 Å². The fourth-order valence-electron chi connectivity index (χ4n) is 5.56. The number of rotatable bonds is 6. The molecule has 0 aliphatic carbocycles. The van der Waals surface area contributed by atoms with Crippen molar-refractivity contribution in [1.29, 1.82) is 0 Å². The fourth-order valence-corrected chi connectivity index (χ4v) is 5.56. The molecule has 0 radical (unpaired) electrons. The van der Waals surface area contributed by atoms with E-state index in [4.69, 9.17) is 9.47 Å². The van der Waals surface area contributed by atoms with Crippen molar-refractivity contribution in [2.75, 3.05) is 6.54 Å². The number of hydrogen-bond donors (Lipinski definition) is 1. The molecular weight excluding hydrogens is 521 g/mol. The lowest BCUT2D eigenvalue weighted by molar-refractivity contribution is 0.00569. The summed E-state index contributed by atoms with van der Waals surface area (Å²) in [6.07, 6.45) is -0.423. The SMILES string of the molecule is CC(c1cccc2ccccc12)N(C[C@H]1CC(c2ccc(F)c(C(=O)O)c2)c2ccccc2O1)C(=O)OC(C)(C)C. The number of carboxylic acids is 1. The first-order chi connectivity index (χ1) is 19.5. The van der Waals surface area contributed by atoms with Crippen LogP contribution in [-0.2, 0) is 4.74 Å². The average Bonchev–Trinajstić information content (AvgIpc) is 2.94. The molecule has 3 atom stereocenters. The lowest BCUT2D eigenvalue weighted by atomic mass is 9.83. The van der Waals surface area contributed by atoms with E-state index in [-0.39, 0.29) is 24.1 Å². The predicted molar refractivity (Wildman–Crippen MR) is 156 cm³/mol. The Morgan fingerprint density at radius 3 is 2.49 bits per heavy atom. The summed E-state index contributed by atoms with van der Waals surface area (Å²) >= 11 is 0. The third-order valence-electron chi connectivity index (χ3n) is 7.48. The van der Waals surface area contributed by atoms with Crippen molar-refractivity contribution in [1.82, 2.24) is 4.90 Å². The number of nitrogens with zero attached hydrogens (tertiary/aromatic N) is 1. The molecule has 7 heteroatoms. The largest absolute Gasteiger partial charge is 0.488 e. The molecule has 1 aliphatic rings. The standard InChI is InChI=1S/C34H34FNO5/c1-21(25-14-9-11-22-10-5-6-12-26(22)25)36(33(39)41-34(2,3)4)20-24-19-28(27-13-7-8-15-31(27)40-24)23-16-17-30(35)29(18-23)32(37)38/h5-18,21,24,28H,19-20H2,1-4H3,(H,37,38)/t21?,24-,28?/m1/s1. The third kappa shape index (κ3) is 6.04. The molecule has 0 fully saturated rings. The molecule has 0 saturated carbocycles. The van der Waals surface area contributed by atoms with Gasteiger partial charge >= 0.3 is 12.1 Å². The normalized spacial score (nSPS) is 17.3. The van der Waals surface area contributed by atoms with E-state index >= 15 is 0 Å². The number of carbonyl (C=O) groups excluding carboxylic acids is 1. The summed E-state index contributed by atoms with van der Waals surface area (Å²) in [5.41, 5.74) is 1.49. The van der Waals surface area contributed by atoms with Gasteiger partial charge in [0.25, 0.3) is 0 Å². The van der Waals surface area contributed by atoms with Crippen LogP contribution in [0.15, 0.2) is 84.9 Å². The van der Waals surface area contributed by atoms with Gasteiger partial charge in [-0.1, -0.05) is 66.7 Å². The Morgan fingerprint density at radius 1 is 1.02 bits per heavy atom. The minimum absolute atomic E-state index is 0.233. The molecule has 0 aromatic heterocycles. The highest BCUT2D eigenvalue weighted by atomic mass is 19.1. The molecule has 0 bridgehead atoms. The van der Waals surface area contributed by atoms with E-state index in [1.165, 1.54) is 12.1 Å². The van der Waals surface area contributed by atoms with E-state index in [0.29, 0.717) is 17.7 Å². The second-order valence-electron chi connectivity index (χ2n) is 11.5. The Balaban J connectivity index is 1.52. The number of amides is 1. The van der Waals surface area contributed by atoms with E-state index in [2.05, 4.69) is 0 Å². The lowest BCUT2D eigenvalue weighted by Gasteiger charge is -2.38. The molecule has 1 amide bonds. The van der Waals surface area contributed by atoms with E-state index < -0.39 is 29.6 Å². The molecule has 2 unspecified atom stereocenters.